The van der Waals surface area contributed by atoms with Crippen LogP contribution in [0.5, 0.6) is 0 Å². The van der Waals surface area contributed by atoms with Crippen LogP contribution in [0, 0.1) is 0 Å². The minimum Gasteiger partial charge on any atom is -0.452 e. The molecule has 0 heterocycles. The number of hydrogen-bond donors (Lipinski definition) is 1. The Labute approximate surface area is 173 Å². The summed E-state index contributed by atoms with van der Waals surface area (Å²) >= 11 is 0. The van der Waals surface area contributed by atoms with Crippen molar-refractivity contribution < 1.29 is 14.6 Å². The van der Waals surface area contributed by atoms with Crippen molar-refractivity contribution in [2.75, 3.05) is 0 Å². The zero-order valence-electron chi connectivity index (χ0n) is 17.4. The van der Waals surface area contributed by atoms with Crippen LogP contribution in [0.25, 0.3) is 0 Å². The van der Waals surface area contributed by atoms with Crippen LogP contribution in [0.15, 0.2) is 91.0 Å². The van der Waals surface area contributed by atoms with Crippen molar-refractivity contribution in [1.29, 1.82) is 0 Å². The predicted octanol–water partition coefficient (Wildman–Crippen LogP) is 5.33. The van der Waals surface area contributed by atoms with E-state index in [0.717, 1.165) is 11.1 Å². The van der Waals surface area contributed by atoms with Gasteiger partial charge in [0.15, 0.2) is 5.60 Å². The van der Waals surface area contributed by atoms with Gasteiger partial charge in [0, 0.05) is 5.41 Å². The minimum absolute atomic E-state index is 0.503. The molecule has 1 N–H and O–H groups in total. The second-order valence-corrected chi connectivity index (χ2v) is 8.33. The van der Waals surface area contributed by atoms with Crippen LogP contribution < -0.4 is 0 Å². The van der Waals surface area contributed by atoms with Gasteiger partial charge in [0.25, 0.3) is 0 Å². The van der Waals surface area contributed by atoms with Gasteiger partial charge in [0.05, 0.1) is 0 Å². The normalized spacial score (nSPS) is 14.1. The van der Waals surface area contributed by atoms with Crippen molar-refractivity contribution in [2.24, 2.45) is 0 Å². The molecular formula is C26H28O3. The topological polar surface area (TPSA) is 46.5 Å². The van der Waals surface area contributed by atoms with Crippen molar-refractivity contribution in [2.45, 2.75) is 44.3 Å². The third-order valence-corrected chi connectivity index (χ3v) is 5.70. The van der Waals surface area contributed by atoms with Gasteiger partial charge in [-0.1, -0.05) is 105 Å². The average molecular weight is 389 g/mol. The first-order valence-electron chi connectivity index (χ1n) is 9.82. The summed E-state index contributed by atoms with van der Waals surface area (Å²) in [7, 11) is 0. The zero-order chi connectivity index (χ0) is 21.1. The first-order valence-corrected chi connectivity index (χ1v) is 9.82. The Morgan fingerprint density at radius 3 is 1.48 bits per heavy atom. The number of ether oxygens (including phenoxy) is 1. The van der Waals surface area contributed by atoms with Gasteiger partial charge in [0.1, 0.15) is 5.60 Å². The molecule has 0 aromatic heterocycles. The molecule has 0 aliphatic rings. The van der Waals surface area contributed by atoms with Gasteiger partial charge >= 0.3 is 5.97 Å². The van der Waals surface area contributed by atoms with Crippen LogP contribution in [0.4, 0.5) is 0 Å². The quantitative estimate of drug-likeness (QED) is 0.581. The molecule has 29 heavy (non-hydrogen) atoms. The highest BCUT2D eigenvalue weighted by molar-refractivity contribution is 5.84. The Morgan fingerprint density at radius 1 is 0.655 bits per heavy atom. The summed E-state index contributed by atoms with van der Waals surface area (Å²) in [5.41, 5.74) is -1.49. The maximum Gasteiger partial charge on any atom is 0.344 e. The van der Waals surface area contributed by atoms with Crippen LogP contribution in [-0.2, 0) is 26.1 Å². The van der Waals surface area contributed by atoms with Gasteiger partial charge in [-0.2, -0.15) is 0 Å². The molecule has 3 rings (SSSR count). The highest BCUT2D eigenvalue weighted by Crippen LogP contribution is 2.44. The average Bonchev–Trinajstić information content (AvgIpc) is 2.74. The van der Waals surface area contributed by atoms with Gasteiger partial charge in [-0.3, -0.25) is 0 Å². The summed E-state index contributed by atoms with van der Waals surface area (Å²) in [6.45, 7) is 7.40. The molecule has 0 fully saturated rings. The van der Waals surface area contributed by atoms with Crippen LogP contribution in [0.1, 0.15) is 44.4 Å². The number of hydrogen-bond acceptors (Lipinski definition) is 3. The van der Waals surface area contributed by atoms with Crippen LogP contribution in [0.2, 0.25) is 0 Å². The molecule has 3 aromatic carbocycles. The summed E-state index contributed by atoms with van der Waals surface area (Å²) < 4.78 is 5.96. The molecule has 3 heteroatoms. The molecule has 0 amide bonds. The maximum absolute atomic E-state index is 13.6. The summed E-state index contributed by atoms with van der Waals surface area (Å²) in [5, 5.41) is 12.0. The summed E-state index contributed by atoms with van der Waals surface area (Å²) in [6.07, 6.45) is 0. The van der Waals surface area contributed by atoms with Gasteiger partial charge in [-0.05, 0) is 30.5 Å². The molecule has 1 atom stereocenters. The fourth-order valence-corrected chi connectivity index (χ4v) is 3.68. The van der Waals surface area contributed by atoms with E-state index >= 15 is 0 Å². The minimum atomic E-state index is -1.87. The van der Waals surface area contributed by atoms with E-state index < -0.39 is 22.6 Å². The molecule has 0 saturated heterocycles. The Kier molecular flexibility index (Phi) is 5.63. The van der Waals surface area contributed by atoms with E-state index in [2.05, 4.69) is 0 Å². The number of rotatable bonds is 6. The molecule has 0 spiro atoms. The second-order valence-electron chi connectivity index (χ2n) is 8.33. The van der Waals surface area contributed by atoms with E-state index in [1.54, 1.807) is 12.1 Å². The zero-order valence-corrected chi connectivity index (χ0v) is 17.4. The molecule has 0 aliphatic heterocycles. The number of carbonyl (C=O) groups is 1. The molecule has 3 nitrogen and oxygen atoms in total. The van der Waals surface area contributed by atoms with Crippen molar-refractivity contribution in [1.82, 2.24) is 0 Å². The van der Waals surface area contributed by atoms with Crippen molar-refractivity contribution in [3.63, 3.8) is 0 Å². The van der Waals surface area contributed by atoms with E-state index in [1.807, 2.05) is 107 Å². The molecule has 0 radical (unpaired) electrons. The first kappa shape index (κ1) is 20.8. The van der Waals surface area contributed by atoms with Crippen molar-refractivity contribution in [3.05, 3.63) is 108 Å². The molecular weight excluding hydrogens is 360 g/mol. The Bertz CT molecular complexity index is 947. The molecule has 150 valence electrons. The number of aliphatic hydroxyl groups is 1. The third-order valence-electron chi connectivity index (χ3n) is 5.70. The monoisotopic (exact) mass is 388 g/mol. The Balaban J connectivity index is 2.08. The lowest BCUT2D eigenvalue weighted by molar-refractivity contribution is -0.189. The summed E-state index contributed by atoms with van der Waals surface area (Å²) in [5.74, 6) is -0.675. The first-order chi connectivity index (χ1) is 13.7. The van der Waals surface area contributed by atoms with Gasteiger partial charge in [0.2, 0.25) is 0 Å². The lowest BCUT2D eigenvalue weighted by Gasteiger charge is -2.43. The predicted molar refractivity (Wildman–Crippen MR) is 115 cm³/mol. The lowest BCUT2D eigenvalue weighted by atomic mass is 9.66. The number of carbonyl (C=O) groups excluding carboxylic acids is 1. The van der Waals surface area contributed by atoms with E-state index in [-0.39, 0.29) is 0 Å². The van der Waals surface area contributed by atoms with E-state index in [4.69, 9.17) is 4.74 Å². The fraction of sp³-hybridized carbons (Fsp3) is 0.269. The molecule has 0 aliphatic carbocycles. The Morgan fingerprint density at radius 2 is 1.03 bits per heavy atom. The summed E-state index contributed by atoms with van der Waals surface area (Å²) in [4.78, 5) is 13.6. The van der Waals surface area contributed by atoms with Gasteiger partial charge < -0.3 is 9.84 Å². The maximum atomic E-state index is 13.6. The smallest absolute Gasteiger partial charge is 0.344 e. The third kappa shape index (κ3) is 3.83. The van der Waals surface area contributed by atoms with E-state index in [0.29, 0.717) is 5.56 Å². The number of benzene rings is 3. The fourth-order valence-electron chi connectivity index (χ4n) is 3.68. The number of esters is 1. The van der Waals surface area contributed by atoms with Crippen LogP contribution >= 0.6 is 0 Å². The van der Waals surface area contributed by atoms with Crippen LogP contribution in [-0.4, -0.2) is 11.1 Å². The SMILES string of the molecule is CC(C)(OC(=O)C(O)(c1ccccc1)C(C)(C)c1ccccc1)c1ccccc1. The molecule has 3 aromatic rings. The van der Waals surface area contributed by atoms with Crippen molar-refractivity contribution in [3.8, 4) is 0 Å². The summed E-state index contributed by atoms with van der Waals surface area (Å²) in [6, 6.07) is 28.1. The highest BCUT2D eigenvalue weighted by Gasteiger charge is 2.54. The lowest BCUT2D eigenvalue weighted by Crippen LogP contribution is -2.53. The van der Waals surface area contributed by atoms with Crippen LogP contribution in [0.3, 0.4) is 0 Å². The highest BCUT2D eigenvalue weighted by atomic mass is 16.6. The van der Waals surface area contributed by atoms with Crippen molar-refractivity contribution >= 4 is 5.97 Å². The Hall–Kier alpha value is -2.91. The standard InChI is InChI=1S/C26H28O3/c1-24(2,20-14-8-5-9-15-20)26(28,22-18-12-7-13-19-22)23(27)29-25(3,4)21-16-10-6-11-17-21/h5-19,28H,1-4H3. The molecule has 1 unspecified atom stereocenters. The van der Waals surface area contributed by atoms with E-state index in [9.17, 15) is 9.90 Å². The van der Waals surface area contributed by atoms with E-state index in [1.165, 1.54) is 0 Å². The largest absolute Gasteiger partial charge is 0.452 e. The second kappa shape index (κ2) is 7.84. The molecule has 0 saturated carbocycles. The van der Waals surface area contributed by atoms with Gasteiger partial charge in [-0.25, -0.2) is 4.79 Å². The van der Waals surface area contributed by atoms with Gasteiger partial charge in [-0.15, -0.1) is 0 Å². The molecule has 0 bridgehead atoms.